The van der Waals surface area contributed by atoms with Gasteiger partial charge in [0, 0.05) is 52.8 Å². The predicted molar refractivity (Wildman–Crippen MR) is 221 cm³/mol. The first-order valence-corrected chi connectivity index (χ1v) is 19.7. The van der Waals surface area contributed by atoms with Crippen LogP contribution in [0.1, 0.15) is 33.5 Å². The van der Waals surface area contributed by atoms with Gasteiger partial charge >= 0.3 is 5.51 Å². The van der Waals surface area contributed by atoms with Gasteiger partial charge in [0.1, 0.15) is 7.05 Å². The second kappa shape index (κ2) is 15.3. The van der Waals surface area contributed by atoms with Crippen LogP contribution in [-0.2, 0) is 17.2 Å². The third kappa shape index (κ3) is 7.29. The molecule has 2 aromatic heterocycles. The molecular formula is C47H35F3N4O3S. The third-order valence-electron chi connectivity index (χ3n) is 10.1. The Hall–Kier alpha value is -6.82. The Balaban J connectivity index is 0.000000534. The number of hydrogen-bond donors (Lipinski definition) is 1. The van der Waals surface area contributed by atoms with Gasteiger partial charge in [0.05, 0.1) is 28.2 Å². The van der Waals surface area contributed by atoms with E-state index in [-0.39, 0.29) is 0 Å². The molecule has 0 fully saturated rings. The number of alkyl halides is 3. The molecule has 5 heterocycles. The molecule has 0 amide bonds. The SMILES string of the molecule is Cn1cc2cc1C(c1ccccc1)=c1ccc([nH]1)=C(c1ccccc1)C1=NC(=C(c3ccccc3)C3=[N+](C)C(=C2c2ccccc2)C=C3)C=C1.O=S(=O)([O-])C(F)(F)F. The molecule has 11 heteroatoms. The lowest BCUT2D eigenvalue weighted by Gasteiger charge is -2.11. The van der Waals surface area contributed by atoms with Crippen LogP contribution in [0.4, 0.5) is 13.2 Å². The summed E-state index contributed by atoms with van der Waals surface area (Å²) in [5.74, 6) is 0. The number of aryl methyl sites for hydroxylation is 1. The molecule has 3 aliphatic heterocycles. The number of nitrogens with one attached hydrogen (secondary N) is 1. The lowest BCUT2D eigenvalue weighted by Crippen LogP contribution is -2.21. The maximum Gasteiger partial charge on any atom is 0.485 e. The van der Waals surface area contributed by atoms with Gasteiger partial charge in [-0.25, -0.2) is 13.4 Å². The highest BCUT2D eigenvalue weighted by atomic mass is 32.2. The van der Waals surface area contributed by atoms with Crippen molar-refractivity contribution in [3.63, 3.8) is 0 Å². The van der Waals surface area contributed by atoms with Gasteiger partial charge in [-0.1, -0.05) is 121 Å². The van der Waals surface area contributed by atoms with E-state index in [4.69, 9.17) is 18.0 Å². The normalized spacial score (nSPS) is 15.2. The largest absolute Gasteiger partial charge is 0.741 e. The summed E-state index contributed by atoms with van der Waals surface area (Å²) >= 11 is 0. The van der Waals surface area contributed by atoms with Gasteiger partial charge < -0.3 is 14.1 Å². The van der Waals surface area contributed by atoms with Crippen LogP contribution in [0.15, 0.2) is 186 Å². The Morgan fingerprint density at radius 3 is 1.60 bits per heavy atom. The maximum atomic E-state index is 10.7. The Bertz CT molecular complexity index is 2990. The van der Waals surface area contributed by atoms with Crippen LogP contribution in [-0.4, -0.2) is 51.1 Å². The molecule has 0 aliphatic carbocycles. The fourth-order valence-electron chi connectivity index (χ4n) is 7.48. The number of nitrogens with zero attached hydrogens (tertiary/aromatic N) is 3. The van der Waals surface area contributed by atoms with E-state index in [0.717, 1.165) is 78.2 Å². The van der Waals surface area contributed by atoms with E-state index in [1.54, 1.807) is 0 Å². The third-order valence-corrected chi connectivity index (χ3v) is 10.7. The zero-order chi connectivity index (χ0) is 40.6. The Morgan fingerprint density at radius 2 is 1.09 bits per heavy atom. The number of aliphatic imine (C=N–C) groups is 1. The summed E-state index contributed by atoms with van der Waals surface area (Å²) in [6.45, 7) is 0. The lowest BCUT2D eigenvalue weighted by molar-refractivity contribution is -0.431. The second-order valence-corrected chi connectivity index (χ2v) is 15.1. The minimum atomic E-state index is -6.09. The minimum Gasteiger partial charge on any atom is -0.741 e. The van der Waals surface area contributed by atoms with E-state index in [1.165, 1.54) is 11.1 Å². The first kappa shape index (κ1) is 38.1. The van der Waals surface area contributed by atoms with Crippen molar-refractivity contribution >= 4 is 43.8 Å². The van der Waals surface area contributed by atoms with Crippen molar-refractivity contribution in [3.05, 3.63) is 226 Å². The second-order valence-electron chi connectivity index (χ2n) is 13.8. The molecule has 0 saturated carbocycles. The molecular weight excluding hydrogens is 758 g/mol. The van der Waals surface area contributed by atoms with E-state index < -0.39 is 15.6 Å². The van der Waals surface area contributed by atoms with Crippen LogP contribution in [0.25, 0.3) is 22.3 Å². The van der Waals surface area contributed by atoms with E-state index in [1.807, 2.05) is 0 Å². The van der Waals surface area contributed by atoms with Gasteiger partial charge in [0.25, 0.3) is 0 Å². The maximum absolute atomic E-state index is 10.7. The average molecular weight is 793 g/mol. The average Bonchev–Trinajstić information content (AvgIpc) is 4.04. The first-order chi connectivity index (χ1) is 27.9. The van der Waals surface area contributed by atoms with Gasteiger partial charge in [0.15, 0.2) is 10.1 Å². The van der Waals surface area contributed by atoms with Crippen molar-refractivity contribution in [3.8, 4) is 0 Å². The highest BCUT2D eigenvalue weighted by molar-refractivity contribution is 7.86. The van der Waals surface area contributed by atoms with Crippen LogP contribution in [0.3, 0.4) is 0 Å². The van der Waals surface area contributed by atoms with E-state index in [9.17, 15) is 13.2 Å². The van der Waals surface area contributed by atoms with Crippen molar-refractivity contribution in [1.29, 1.82) is 0 Å². The Labute approximate surface area is 333 Å². The lowest BCUT2D eigenvalue weighted by atomic mass is 9.96. The standard InChI is InChI=1S/C46H34N4.CHF3O3S/c1-49-30-35-29-42(49)46(34-21-13-6-14-22-34)39-26-24-37(48-39)44(32-17-9-4-10-18-32)36-23-25-38(47-36)45(33-19-11-5-12-20-33)41-28-27-40(50(41)2)43(35)31-15-7-3-8-16-31;2-1(3,4)8(5,6)7/h3-30H,1-2H3;(H,5,6,7). The number of aromatic amines is 1. The van der Waals surface area contributed by atoms with Gasteiger partial charge in [0.2, 0.25) is 11.4 Å². The number of H-pyrrole nitrogens is 1. The van der Waals surface area contributed by atoms with Crippen LogP contribution >= 0.6 is 0 Å². The molecule has 288 valence electrons. The monoisotopic (exact) mass is 792 g/mol. The first-order valence-electron chi connectivity index (χ1n) is 18.3. The fourth-order valence-corrected chi connectivity index (χ4v) is 7.48. The molecule has 3 aliphatic rings. The molecule has 0 saturated heterocycles. The van der Waals surface area contributed by atoms with E-state index in [0.29, 0.717) is 0 Å². The number of benzene rings is 4. The molecule has 0 unspecified atom stereocenters. The van der Waals surface area contributed by atoms with Crippen LogP contribution in [0.5, 0.6) is 0 Å². The van der Waals surface area contributed by atoms with Gasteiger partial charge in [-0.3, -0.25) is 0 Å². The van der Waals surface area contributed by atoms with Crippen LogP contribution in [0, 0.1) is 0 Å². The number of rotatable bonds is 4. The summed E-state index contributed by atoms with van der Waals surface area (Å²) in [7, 11) is -1.76. The molecule has 1 N–H and O–H groups in total. The number of halogens is 3. The molecule has 0 spiro atoms. The van der Waals surface area contributed by atoms with Gasteiger partial charge in [-0.15, -0.1) is 0 Å². The van der Waals surface area contributed by atoms with Crippen LogP contribution in [0.2, 0.25) is 0 Å². The topological polar surface area (TPSA) is 93.3 Å². The Kier molecular flexibility index (Phi) is 10.0. The molecule has 9 rings (SSSR count). The molecule has 6 aromatic rings. The molecule has 8 bridgehead atoms. The predicted octanol–water partition coefficient (Wildman–Crippen LogP) is 7.70. The zero-order valence-electron chi connectivity index (χ0n) is 31.3. The quantitative estimate of drug-likeness (QED) is 0.113. The summed E-state index contributed by atoms with van der Waals surface area (Å²) in [5, 5.41) is 2.06. The fraction of sp³-hybridized carbons (Fsp3) is 0.0638. The molecule has 7 nitrogen and oxygen atoms in total. The van der Waals surface area contributed by atoms with E-state index in [2.05, 4.69) is 198 Å². The number of aromatic nitrogens is 2. The molecule has 0 radical (unpaired) electrons. The highest BCUT2D eigenvalue weighted by Crippen LogP contribution is 2.36. The minimum absolute atomic E-state index is 0.925. The molecule has 0 atom stereocenters. The molecule has 58 heavy (non-hydrogen) atoms. The summed E-state index contributed by atoms with van der Waals surface area (Å²) < 4.78 is 63.5. The van der Waals surface area contributed by atoms with Gasteiger partial charge in [-0.2, -0.15) is 17.7 Å². The summed E-state index contributed by atoms with van der Waals surface area (Å²) in [6, 6.07) is 49.4. The van der Waals surface area contributed by atoms with Crippen molar-refractivity contribution in [1.82, 2.24) is 9.55 Å². The summed E-state index contributed by atoms with van der Waals surface area (Å²) in [4.78, 5) is 9.29. The van der Waals surface area contributed by atoms with Crippen LogP contribution < -0.4 is 10.7 Å². The van der Waals surface area contributed by atoms with Crippen molar-refractivity contribution < 1.29 is 30.7 Å². The van der Waals surface area contributed by atoms with Crippen molar-refractivity contribution in [2.24, 2.45) is 12.0 Å². The van der Waals surface area contributed by atoms with Crippen molar-refractivity contribution in [2.75, 3.05) is 7.05 Å². The summed E-state index contributed by atoms with van der Waals surface area (Å²) in [6.07, 6.45) is 11.1. The summed E-state index contributed by atoms with van der Waals surface area (Å²) in [5.41, 5.74) is 9.76. The van der Waals surface area contributed by atoms with E-state index >= 15 is 0 Å². The number of fused-ring (bicyclic) bond motifs is 6. The number of hydrogen-bond acceptors (Lipinski definition) is 4. The van der Waals surface area contributed by atoms with Crippen molar-refractivity contribution in [2.45, 2.75) is 5.51 Å². The Morgan fingerprint density at radius 1 is 0.621 bits per heavy atom. The zero-order valence-corrected chi connectivity index (χ0v) is 32.1. The number of likely N-dealkylation sites (N-methyl/N-ethyl adjacent to an activating group) is 1. The van der Waals surface area contributed by atoms with Gasteiger partial charge in [-0.05, 0) is 52.6 Å². The smallest absolute Gasteiger partial charge is 0.485 e. The molecule has 4 aromatic carbocycles. The highest BCUT2D eigenvalue weighted by Gasteiger charge is 2.37. The number of allylic oxidation sites excluding steroid dienone is 5.